The molecule has 0 heterocycles. The van der Waals surface area contributed by atoms with Gasteiger partial charge in [-0.05, 0) is 44.9 Å². The molecule has 0 aliphatic carbocycles. The van der Waals surface area contributed by atoms with Gasteiger partial charge in [0.05, 0.1) is 13.2 Å². The quantitative estimate of drug-likeness (QED) is 0.787. The molecule has 1 rings (SSSR count). The summed E-state index contributed by atoms with van der Waals surface area (Å²) in [6.07, 6.45) is 0.753. The second kappa shape index (κ2) is 7.36. The highest BCUT2D eigenvalue weighted by Gasteiger charge is 2.22. The summed E-state index contributed by atoms with van der Waals surface area (Å²) in [5, 5.41) is 0. The normalized spacial score (nSPS) is 13.9. The highest BCUT2D eigenvalue weighted by atomic mass is 16.5. The first-order chi connectivity index (χ1) is 9.05. The molecular formula is C15H25NO3. The van der Waals surface area contributed by atoms with Gasteiger partial charge in [0.15, 0.2) is 11.5 Å². The van der Waals surface area contributed by atoms with Gasteiger partial charge in [-0.2, -0.15) is 0 Å². The Balaban J connectivity index is 2.99. The summed E-state index contributed by atoms with van der Waals surface area (Å²) in [5.41, 5.74) is 6.92. The van der Waals surface area contributed by atoms with Crippen molar-refractivity contribution in [2.24, 2.45) is 5.73 Å². The predicted octanol–water partition coefficient (Wildman–Crippen LogP) is 2.69. The average Bonchev–Trinajstić information content (AvgIpc) is 2.39. The van der Waals surface area contributed by atoms with Crippen molar-refractivity contribution < 1.29 is 14.2 Å². The fraction of sp³-hybridized carbons (Fsp3) is 0.600. The molecule has 0 radical (unpaired) electrons. The Morgan fingerprint density at radius 1 is 1.11 bits per heavy atom. The molecule has 1 aromatic rings. The Bertz CT molecular complexity index is 391. The lowest BCUT2D eigenvalue weighted by Gasteiger charge is -2.26. The van der Waals surface area contributed by atoms with E-state index in [0.29, 0.717) is 19.8 Å². The Kier molecular flexibility index (Phi) is 6.12. The summed E-state index contributed by atoms with van der Waals surface area (Å²) in [4.78, 5) is 0. The van der Waals surface area contributed by atoms with Gasteiger partial charge in [-0.15, -0.1) is 0 Å². The topological polar surface area (TPSA) is 53.7 Å². The van der Waals surface area contributed by atoms with Crippen LogP contribution in [0.15, 0.2) is 18.2 Å². The van der Waals surface area contributed by atoms with Gasteiger partial charge in [0.1, 0.15) is 0 Å². The fourth-order valence-corrected chi connectivity index (χ4v) is 1.86. The van der Waals surface area contributed by atoms with E-state index in [0.717, 1.165) is 23.5 Å². The molecule has 1 aromatic carbocycles. The molecule has 2 N–H and O–H groups in total. The van der Waals surface area contributed by atoms with Crippen LogP contribution < -0.4 is 15.2 Å². The molecule has 4 heteroatoms. The molecule has 0 fully saturated rings. The van der Waals surface area contributed by atoms with E-state index in [9.17, 15) is 0 Å². The van der Waals surface area contributed by atoms with Crippen LogP contribution in [0.1, 0.15) is 32.8 Å². The minimum Gasteiger partial charge on any atom is -0.490 e. The van der Waals surface area contributed by atoms with Crippen molar-refractivity contribution in [1.29, 1.82) is 0 Å². The summed E-state index contributed by atoms with van der Waals surface area (Å²) in [6, 6.07) is 5.87. The van der Waals surface area contributed by atoms with Gasteiger partial charge in [-0.3, -0.25) is 0 Å². The van der Waals surface area contributed by atoms with Crippen LogP contribution in [0, 0.1) is 0 Å². The minimum atomic E-state index is -0.438. The highest BCUT2D eigenvalue weighted by molar-refractivity contribution is 5.45. The van der Waals surface area contributed by atoms with E-state index in [4.69, 9.17) is 19.9 Å². The van der Waals surface area contributed by atoms with Crippen LogP contribution in [0.3, 0.4) is 0 Å². The third-order valence-electron chi connectivity index (χ3n) is 3.03. The van der Waals surface area contributed by atoms with Gasteiger partial charge in [-0.25, -0.2) is 0 Å². The lowest BCUT2D eigenvalue weighted by Crippen LogP contribution is -2.34. The van der Waals surface area contributed by atoms with Crippen molar-refractivity contribution in [3.05, 3.63) is 23.8 Å². The first-order valence-electron chi connectivity index (χ1n) is 6.73. The SMILES string of the molecule is CCOc1ccc(C(C)(N)CCOC)cc1OCC. The van der Waals surface area contributed by atoms with Gasteiger partial charge in [0, 0.05) is 19.3 Å². The van der Waals surface area contributed by atoms with E-state index in [1.54, 1.807) is 7.11 Å². The van der Waals surface area contributed by atoms with Crippen molar-refractivity contribution in [3.63, 3.8) is 0 Å². The molecule has 1 atom stereocenters. The summed E-state index contributed by atoms with van der Waals surface area (Å²) < 4.78 is 16.3. The predicted molar refractivity (Wildman–Crippen MR) is 76.8 cm³/mol. The average molecular weight is 267 g/mol. The molecule has 19 heavy (non-hydrogen) atoms. The van der Waals surface area contributed by atoms with Crippen LogP contribution in [0.2, 0.25) is 0 Å². The molecule has 4 nitrogen and oxygen atoms in total. The third kappa shape index (κ3) is 4.40. The van der Waals surface area contributed by atoms with E-state index < -0.39 is 5.54 Å². The number of ether oxygens (including phenoxy) is 3. The Hall–Kier alpha value is -1.26. The van der Waals surface area contributed by atoms with Gasteiger partial charge >= 0.3 is 0 Å². The lowest BCUT2D eigenvalue weighted by atomic mass is 9.90. The van der Waals surface area contributed by atoms with E-state index in [1.807, 2.05) is 39.0 Å². The molecule has 0 saturated carbocycles. The number of benzene rings is 1. The number of hydrogen-bond donors (Lipinski definition) is 1. The van der Waals surface area contributed by atoms with Crippen LogP contribution in [0.5, 0.6) is 11.5 Å². The molecule has 0 aromatic heterocycles. The van der Waals surface area contributed by atoms with Gasteiger partial charge in [-0.1, -0.05) is 6.07 Å². The Morgan fingerprint density at radius 2 is 1.74 bits per heavy atom. The molecule has 0 aliphatic rings. The van der Waals surface area contributed by atoms with Crippen molar-refractivity contribution >= 4 is 0 Å². The van der Waals surface area contributed by atoms with Crippen molar-refractivity contribution in [1.82, 2.24) is 0 Å². The largest absolute Gasteiger partial charge is 0.490 e. The van der Waals surface area contributed by atoms with Crippen LogP contribution in [0.4, 0.5) is 0 Å². The second-order valence-corrected chi connectivity index (χ2v) is 4.69. The van der Waals surface area contributed by atoms with E-state index >= 15 is 0 Å². The molecule has 0 amide bonds. The molecular weight excluding hydrogens is 242 g/mol. The lowest BCUT2D eigenvalue weighted by molar-refractivity contribution is 0.172. The van der Waals surface area contributed by atoms with Gasteiger partial charge in [0.2, 0.25) is 0 Å². The smallest absolute Gasteiger partial charge is 0.161 e. The van der Waals surface area contributed by atoms with Crippen molar-refractivity contribution in [2.75, 3.05) is 26.9 Å². The molecule has 1 unspecified atom stereocenters. The first-order valence-corrected chi connectivity index (χ1v) is 6.73. The number of methoxy groups -OCH3 is 1. The third-order valence-corrected chi connectivity index (χ3v) is 3.03. The molecule has 0 spiro atoms. The molecule has 0 bridgehead atoms. The van der Waals surface area contributed by atoms with Crippen LogP contribution in [0.25, 0.3) is 0 Å². The van der Waals surface area contributed by atoms with Gasteiger partial charge < -0.3 is 19.9 Å². The maximum absolute atomic E-state index is 6.34. The zero-order valence-corrected chi connectivity index (χ0v) is 12.4. The summed E-state index contributed by atoms with van der Waals surface area (Å²) in [5.74, 6) is 1.51. The molecule has 0 aliphatic heterocycles. The monoisotopic (exact) mass is 267 g/mol. The van der Waals surface area contributed by atoms with E-state index in [1.165, 1.54) is 0 Å². The van der Waals surface area contributed by atoms with Crippen molar-refractivity contribution in [2.45, 2.75) is 32.7 Å². The zero-order valence-electron chi connectivity index (χ0n) is 12.4. The minimum absolute atomic E-state index is 0.438. The summed E-state index contributed by atoms with van der Waals surface area (Å²) in [6.45, 7) is 7.75. The van der Waals surface area contributed by atoms with E-state index in [-0.39, 0.29) is 0 Å². The Labute approximate surface area is 115 Å². The standard InChI is InChI=1S/C15H25NO3/c1-5-18-13-8-7-12(11-14(13)19-6-2)15(3,16)9-10-17-4/h7-8,11H,5-6,9-10,16H2,1-4H3. The second-order valence-electron chi connectivity index (χ2n) is 4.69. The number of rotatable bonds is 8. The van der Waals surface area contributed by atoms with Gasteiger partial charge in [0.25, 0.3) is 0 Å². The maximum Gasteiger partial charge on any atom is 0.161 e. The first kappa shape index (κ1) is 15.8. The maximum atomic E-state index is 6.34. The van der Waals surface area contributed by atoms with Crippen molar-refractivity contribution in [3.8, 4) is 11.5 Å². The van der Waals surface area contributed by atoms with Crippen LogP contribution in [-0.2, 0) is 10.3 Å². The molecule has 0 saturated heterocycles. The van der Waals surface area contributed by atoms with E-state index in [2.05, 4.69) is 0 Å². The highest BCUT2D eigenvalue weighted by Crippen LogP contribution is 2.33. The molecule has 108 valence electrons. The number of hydrogen-bond acceptors (Lipinski definition) is 4. The fourth-order valence-electron chi connectivity index (χ4n) is 1.86. The van der Waals surface area contributed by atoms with Crippen LogP contribution in [-0.4, -0.2) is 26.9 Å². The summed E-state index contributed by atoms with van der Waals surface area (Å²) in [7, 11) is 1.68. The zero-order chi connectivity index (χ0) is 14.3. The van der Waals surface area contributed by atoms with Crippen LogP contribution >= 0.6 is 0 Å². The number of nitrogens with two attached hydrogens (primary N) is 1. The Morgan fingerprint density at radius 3 is 2.32 bits per heavy atom. The summed E-state index contributed by atoms with van der Waals surface area (Å²) >= 11 is 0.